The van der Waals surface area contributed by atoms with Crippen LogP contribution in [0.3, 0.4) is 0 Å². The highest BCUT2D eigenvalue weighted by Gasteiger charge is 2.39. The van der Waals surface area contributed by atoms with Gasteiger partial charge in [-0.05, 0) is 60.2 Å². The Morgan fingerprint density at radius 1 is 1.62 bits per heavy atom. The minimum absolute atomic E-state index is 0.0524. The van der Waals surface area contributed by atoms with Gasteiger partial charge < -0.3 is 4.74 Å². The molecule has 1 aliphatic carbocycles. The van der Waals surface area contributed by atoms with Gasteiger partial charge in [0.05, 0.1) is 14.8 Å². The maximum atomic E-state index is 6.48. The maximum Gasteiger partial charge on any atom is 0.0731 e. The molecule has 0 amide bonds. The fraction of sp³-hybridized carbons (Fsp3) is 0.667. The fourth-order valence-electron chi connectivity index (χ4n) is 2.13. The number of hydrogen-bond acceptors (Lipinski definition) is 2. The number of rotatable bonds is 4. The first-order valence-electron chi connectivity index (χ1n) is 5.51. The van der Waals surface area contributed by atoms with Gasteiger partial charge >= 0.3 is 0 Å². The molecule has 0 aliphatic heterocycles. The molecule has 16 heavy (non-hydrogen) atoms. The minimum Gasteiger partial charge on any atom is -0.378 e. The molecule has 0 bridgehead atoms. The second-order valence-corrected chi connectivity index (χ2v) is 7.45. The first kappa shape index (κ1) is 12.9. The maximum absolute atomic E-state index is 6.48. The summed E-state index contributed by atoms with van der Waals surface area (Å²) in [4.78, 5) is 1.24. The average Bonchev–Trinajstić information content (AvgIpc) is 2.53. The summed E-state index contributed by atoms with van der Waals surface area (Å²) >= 11 is 11.8. The van der Waals surface area contributed by atoms with Crippen LogP contribution in [0.5, 0.6) is 0 Å². The van der Waals surface area contributed by atoms with Crippen molar-refractivity contribution < 1.29 is 4.74 Å². The minimum atomic E-state index is 0.0524. The lowest BCUT2D eigenvalue weighted by molar-refractivity contribution is -0.0778. The Morgan fingerprint density at radius 3 is 2.69 bits per heavy atom. The molecule has 0 spiro atoms. The molecule has 0 aromatic carbocycles. The quantitative estimate of drug-likeness (QED) is 0.704. The molecule has 1 aromatic heterocycles. The summed E-state index contributed by atoms with van der Waals surface area (Å²) in [5.74, 6) is 0. The van der Waals surface area contributed by atoms with Gasteiger partial charge in [0.1, 0.15) is 0 Å². The lowest BCUT2D eigenvalue weighted by Gasteiger charge is -2.41. The predicted molar refractivity (Wildman–Crippen MR) is 73.6 cm³/mol. The summed E-state index contributed by atoms with van der Waals surface area (Å²) in [6, 6.07) is 2.18. The van der Waals surface area contributed by atoms with Crippen molar-refractivity contribution in [2.45, 2.75) is 43.6 Å². The summed E-state index contributed by atoms with van der Waals surface area (Å²) in [5, 5.41) is 0.0789. The third kappa shape index (κ3) is 2.47. The standard InChI is InChI=1S/C12H16BrClOS/c1-8-6-10(16-11(8)13)9(14)7-12(15-2)4-3-5-12/h6,9H,3-5,7H2,1-2H3. The van der Waals surface area contributed by atoms with E-state index in [0.717, 1.165) is 19.3 Å². The molecule has 1 saturated carbocycles. The second kappa shape index (κ2) is 4.97. The first-order chi connectivity index (χ1) is 7.56. The summed E-state index contributed by atoms with van der Waals surface area (Å²) in [5.41, 5.74) is 1.32. The smallest absolute Gasteiger partial charge is 0.0731 e. The van der Waals surface area contributed by atoms with Crippen molar-refractivity contribution in [3.8, 4) is 0 Å². The largest absolute Gasteiger partial charge is 0.378 e. The van der Waals surface area contributed by atoms with Gasteiger partial charge in [0.25, 0.3) is 0 Å². The molecular weight excluding hydrogens is 308 g/mol. The Morgan fingerprint density at radius 2 is 2.31 bits per heavy atom. The summed E-state index contributed by atoms with van der Waals surface area (Å²) in [7, 11) is 1.80. The zero-order valence-electron chi connectivity index (χ0n) is 9.56. The third-order valence-electron chi connectivity index (χ3n) is 3.43. The molecule has 1 atom stereocenters. The molecule has 4 heteroatoms. The van der Waals surface area contributed by atoms with Gasteiger partial charge in [-0.1, -0.05) is 0 Å². The third-order valence-corrected chi connectivity index (χ3v) is 6.20. The van der Waals surface area contributed by atoms with Gasteiger partial charge in [-0.15, -0.1) is 22.9 Å². The van der Waals surface area contributed by atoms with Crippen molar-refractivity contribution in [2.75, 3.05) is 7.11 Å². The number of halogens is 2. The first-order valence-corrected chi connectivity index (χ1v) is 7.56. The summed E-state index contributed by atoms with van der Waals surface area (Å²) < 4.78 is 6.80. The Bertz CT molecular complexity index is 348. The van der Waals surface area contributed by atoms with Crippen LogP contribution >= 0.6 is 38.9 Å². The Kier molecular flexibility index (Phi) is 4.00. The van der Waals surface area contributed by atoms with Crippen LogP contribution in [0.15, 0.2) is 9.85 Å². The van der Waals surface area contributed by atoms with E-state index in [2.05, 4.69) is 28.9 Å². The Labute approximate surface area is 114 Å². The molecule has 1 aromatic rings. The van der Waals surface area contributed by atoms with E-state index in [1.807, 2.05) is 0 Å². The molecule has 1 nitrogen and oxygen atoms in total. The van der Waals surface area contributed by atoms with E-state index in [1.54, 1.807) is 18.4 Å². The lowest BCUT2D eigenvalue weighted by Crippen LogP contribution is -2.39. The van der Waals surface area contributed by atoms with Gasteiger partial charge in [0.15, 0.2) is 0 Å². The molecule has 0 N–H and O–H groups in total. The van der Waals surface area contributed by atoms with Crippen LogP contribution in [-0.4, -0.2) is 12.7 Å². The molecule has 90 valence electrons. The van der Waals surface area contributed by atoms with E-state index in [0.29, 0.717) is 0 Å². The summed E-state index contributed by atoms with van der Waals surface area (Å²) in [6.45, 7) is 2.10. The number of methoxy groups -OCH3 is 1. The van der Waals surface area contributed by atoms with Gasteiger partial charge in [-0.25, -0.2) is 0 Å². The monoisotopic (exact) mass is 322 g/mol. The number of hydrogen-bond donors (Lipinski definition) is 0. The normalized spacial score (nSPS) is 20.5. The highest BCUT2D eigenvalue weighted by atomic mass is 79.9. The van der Waals surface area contributed by atoms with E-state index in [4.69, 9.17) is 16.3 Å². The molecular formula is C12H16BrClOS. The van der Waals surface area contributed by atoms with Crippen molar-refractivity contribution in [1.29, 1.82) is 0 Å². The van der Waals surface area contributed by atoms with Crippen molar-refractivity contribution >= 4 is 38.9 Å². The van der Waals surface area contributed by atoms with Crippen LogP contribution < -0.4 is 0 Å². The van der Waals surface area contributed by atoms with Crippen molar-refractivity contribution in [3.63, 3.8) is 0 Å². The van der Waals surface area contributed by atoms with Crippen molar-refractivity contribution in [1.82, 2.24) is 0 Å². The summed E-state index contributed by atoms with van der Waals surface area (Å²) in [6.07, 6.45) is 4.50. The number of thiophene rings is 1. The van der Waals surface area contributed by atoms with Crippen molar-refractivity contribution in [2.24, 2.45) is 0 Å². The molecule has 1 heterocycles. The highest BCUT2D eigenvalue weighted by Crippen LogP contribution is 2.45. The fourth-order valence-corrected chi connectivity index (χ4v) is 4.15. The Hall–Kier alpha value is 0.430. The van der Waals surface area contributed by atoms with E-state index >= 15 is 0 Å². The van der Waals surface area contributed by atoms with E-state index in [1.165, 1.54) is 20.6 Å². The molecule has 1 unspecified atom stereocenters. The van der Waals surface area contributed by atoms with E-state index in [-0.39, 0.29) is 11.0 Å². The van der Waals surface area contributed by atoms with Gasteiger partial charge in [-0.2, -0.15) is 0 Å². The second-order valence-electron chi connectivity index (χ2n) is 4.52. The topological polar surface area (TPSA) is 9.23 Å². The zero-order chi connectivity index (χ0) is 11.8. The van der Waals surface area contributed by atoms with E-state index < -0.39 is 0 Å². The van der Waals surface area contributed by atoms with Crippen molar-refractivity contribution in [3.05, 3.63) is 20.3 Å². The number of ether oxygens (including phenoxy) is 1. The van der Waals surface area contributed by atoms with Crippen LogP contribution in [-0.2, 0) is 4.74 Å². The number of alkyl halides is 1. The van der Waals surface area contributed by atoms with Crippen LogP contribution in [0, 0.1) is 6.92 Å². The van der Waals surface area contributed by atoms with E-state index in [9.17, 15) is 0 Å². The zero-order valence-corrected chi connectivity index (χ0v) is 12.7. The molecule has 0 radical (unpaired) electrons. The number of aryl methyl sites for hydroxylation is 1. The molecule has 2 rings (SSSR count). The molecule has 1 aliphatic rings. The van der Waals surface area contributed by atoms with Crippen LogP contribution in [0.4, 0.5) is 0 Å². The SMILES string of the molecule is COC1(CC(Cl)c2cc(C)c(Br)s2)CCC1. The van der Waals surface area contributed by atoms with Crippen LogP contribution in [0.1, 0.15) is 41.5 Å². The van der Waals surface area contributed by atoms with Gasteiger partial charge in [0, 0.05) is 12.0 Å². The highest BCUT2D eigenvalue weighted by molar-refractivity contribution is 9.11. The van der Waals surface area contributed by atoms with Crippen LogP contribution in [0.2, 0.25) is 0 Å². The predicted octanol–water partition coefficient (Wildman–Crippen LogP) is 5.06. The van der Waals surface area contributed by atoms with Gasteiger partial charge in [0.2, 0.25) is 0 Å². The lowest BCUT2D eigenvalue weighted by atomic mass is 9.76. The average molecular weight is 324 g/mol. The molecule has 0 saturated heterocycles. The molecule has 1 fully saturated rings. The van der Waals surface area contributed by atoms with Crippen LogP contribution in [0.25, 0.3) is 0 Å². The Balaban J connectivity index is 2.05. The van der Waals surface area contributed by atoms with Gasteiger partial charge in [-0.3, -0.25) is 0 Å².